The molecule has 3 aromatic rings. The van der Waals surface area contributed by atoms with Gasteiger partial charge in [-0.25, -0.2) is 9.07 Å². The standard InChI is InChI=1S/C20H20FN3O2/c1-13-18(14(2)24(23-13)17-6-4-16(21)5-7-17)11-22-10-15-3-8-19-20(9-15)26-12-25-19/h3-9,22H,10-12H2,1-2H3. The molecule has 0 aliphatic carbocycles. The Bertz CT molecular complexity index is 935. The lowest BCUT2D eigenvalue weighted by molar-refractivity contribution is 0.174. The van der Waals surface area contributed by atoms with Crippen LogP contribution in [0.1, 0.15) is 22.5 Å². The van der Waals surface area contributed by atoms with Gasteiger partial charge in [-0.15, -0.1) is 0 Å². The first-order valence-corrected chi connectivity index (χ1v) is 8.52. The molecule has 1 aromatic heterocycles. The number of aromatic nitrogens is 2. The van der Waals surface area contributed by atoms with E-state index in [4.69, 9.17) is 9.47 Å². The zero-order valence-corrected chi connectivity index (χ0v) is 14.8. The van der Waals surface area contributed by atoms with Crippen molar-refractivity contribution in [2.75, 3.05) is 6.79 Å². The maximum atomic E-state index is 13.1. The van der Waals surface area contributed by atoms with Crippen molar-refractivity contribution in [1.29, 1.82) is 0 Å². The SMILES string of the molecule is Cc1nn(-c2ccc(F)cc2)c(C)c1CNCc1ccc2c(c1)OCO2. The van der Waals surface area contributed by atoms with Gasteiger partial charge in [0.2, 0.25) is 6.79 Å². The summed E-state index contributed by atoms with van der Waals surface area (Å²) < 4.78 is 25.7. The first-order chi connectivity index (χ1) is 12.6. The molecule has 0 saturated carbocycles. The summed E-state index contributed by atoms with van der Waals surface area (Å²) in [5.41, 5.74) is 5.15. The number of nitrogens with one attached hydrogen (secondary N) is 1. The number of ether oxygens (including phenoxy) is 2. The molecular formula is C20H20FN3O2. The van der Waals surface area contributed by atoms with Crippen molar-refractivity contribution in [3.05, 3.63) is 70.8 Å². The van der Waals surface area contributed by atoms with Crippen molar-refractivity contribution in [2.45, 2.75) is 26.9 Å². The highest BCUT2D eigenvalue weighted by molar-refractivity contribution is 5.44. The largest absolute Gasteiger partial charge is 0.454 e. The molecule has 1 aliphatic rings. The maximum absolute atomic E-state index is 13.1. The van der Waals surface area contributed by atoms with Crippen LogP contribution in [0.4, 0.5) is 4.39 Å². The predicted octanol–water partition coefficient (Wildman–Crippen LogP) is 3.65. The van der Waals surface area contributed by atoms with E-state index in [0.717, 1.165) is 46.2 Å². The van der Waals surface area contributed by atoms with Crippen molar-refractivity contribution in [3.8, 4) is 17.2 Å². The van der Waals surface area contributed by atoms with Gasteiger partial charge in [0.1, 0.15) is 5.82 Å². The Morgan fingerprint density at radius 3 is 2.62 bits per heavy atom. The van der Waals surface area contributed by atoms with E-state index in [2.05, 4.69) is 10.4 Å². The predicted molar refractivity (Wildman–Crippen MR) is 96.1 cm³/mol. The molecule has 0 spiro atoms. The third-order valence-electron chi connectivity index (χ3n) is 4.58. The van der Waals surface area contributed by atoms with Crippen LogP contribution in [0.15, 0.2) is 42.5 Å². The van der Waals surface area contributed by atoms with E-state index in [9.17, 15) is 4.39 Å². The van der Waals surface area contributed by atoms with E-state index >= 15 is 0 Å². The number of halogens is 1. The minimum atomic E-state index is -0.249. The fourth-order valence-corrected chi connectivity index (χ4v) is 3.15. The van der Waals surface area contributed by atoms with Gasteiger partial charge in [0.25, 0.3) is 0 Å². The second-order valence-corrected chi connectivity index (χ2v) is 6.33. The van der Waals surface area contributed by atoms with Crippen molar-refractivity contribution < 1.29 is 13.9 Å². The Kier molecular flexibility index (Phi) is 4.34. The van der Waals surface area contributed by atoms with Gasteiger partial charge in [-0.2, -0.15) is 5.10 Å². The molecule has 134 valence electrons. The molecule has 0 bridgehead atoms. The highest BCUT2D eigenvalue weighted by Crippen LogP contribution is 2.32. The van der Waals surface area contributed by atoms with Gasteiger partial charge < -0.3 is 14.8 Å². The number of benzene rings is 2. The molecule has 26 heavy (non-hydrogen) atoms. The molecule has 0 radical (unpaired) electrons. The van der Waals surface area contributed by atoms with Crippen molar-refractivity contribution >= 4 is 0 Å². The molecular weight excluding hydrogens is 333 g/mol. The van der Waals surface area contributed by atoms with E-state index in [-0.39, 0.29) is 12.6 Å². The van der Waals surface area contributed by atoms with Gasteiger partial charge in [0.15, 0.2) is 11.5 Å². The molecule has 5 nitrogen and oxygen atoms in total. The van der Waals surface area contributed by atoms with E-state index in [0.29, 0.717) is 6.54 Å². The van der Waals surface area contributed by atoms with Gasteiger partial charge in [0, 0.05) is 24.3 Å². The van der Waals surface area contributed by atoms with Crippen LogP contribution < -0.4 is 14.8 Å². The average molecular weight is 353 g/mol. The number of rotatable bonds is 5. The Labute approximate surface area is 151 Å². The van der Waals surface area contributed by atoms with Crippen LogP contribution in [-0.2, 0) is 13.1 Å². The van der Waals surface area contributed by atoms with E-state index in [1.54, 1.807) is 12.1 Å². The van der Waals surface area contributed by atoms with Crippen LogP contribution in [0.25, 0.3) is 5.69 Å². The van der Waals surface area contributed by atoms with Gasteiger partial charge in [-0.1, -0.05) is 6.07 Å². The third-order valence-corrected chi connectivity index (χ3v) is 4.58. The Balaban J connectivity index is 1.46. The molecule has 1 N–H and O–H groups in total. The molecule has 2 aromatic carbocycles. The zero-order chi connectivity index (χ0) is 18.1. The number of hydrogen-bond acceptors (Lipinski definition) is 4. The fraction of sp³-hybridized carbons (Fsp3) is 0.250. The summed E-state index contributed by atoms with van der Waals surface area (Å²) in [6.07, 6.45) is 0. The lowest BCUT2D eigenvalue weighted by atomic mass is 10.1. The summed E-state index contributed by atoms with van der Waals surface area (Å²) in [7, 11) is 0. The molecule has 0 atom stereocenters. The molecule has 1 aliphatic heterocycles. The summed E-state index contributed by atoms with van der Waals surface area (Å²) in [5, 5.41) is 8.06. The minimum Gasteiger partial charge on any atom is -0.454 e. The summed E-state index contributed by atoms with van der Waals surface area (Å²) in [4.78, 5) is 0. The van der Waals surface area contributed by atoms with E-state index in [1.165, 1.54) is 12.1 Å². The molecule has 2 heterocycles. The Morgan fingerprint density at radius 2 is 1.81 bits per heavy atom. The van der Waals surface area contributed by atoms with Crippen molar-refractivity contribution in [3.63, 3.8) is 0 Å². The van der Waals surface area contributed by atoms with Gasteiger partial charge >= 0.3 is 0 Å². The smallest absolute Gasteiger partial charge is 0.231 e. The van der Waals surface area contributed by atoms with Gasteiger partial charge in [-0.05, 0) is 55.8 Å². The molecule has 0 amide bonds. The fourth-order valence-electron chi connectivity index (χ4n) is 3.15. The number of fused-ring (bicyclic) bond motifs is 1. The van der Waals surface area contributed by atoms with E-state index in [1.807, 2.05) is 36.7 Å². The summed E-state index contributed by atoms with van der Waals surface area (Å²) in [6, 6.07) is 12.3. The maximum Gasteiger partial charge on any atom is 0.231 e. The van der Waals surface area contributed by atoms with Crippen LogP contribution in [0.2, 0.25) is 0 Å². The second kappa shape index (κ2) is 6.80. The van der Waals surface area contributed by atoms with E-state index < -0.39 is 0 Å². The second-order valence-electron chi connectivity index (χ2n) is 6.33. The van der Waals surface area contributed by atoms with Crippen LogP contribution in [-0.4, -0.2) is 16.6 Å². The van der Waals surface area contributed by atoms with Crippen LogP contribution in [0, 0.1) is 19.7 Å². The molecule has 0 saturated heterocycles. The zero-order valence-electron chi connectivity index (χ0n) is 14.8. The topological polar surface area (TPSA) is 48.3 Å². The monoisotopic (exact) mass is 353 g/mol. The lowest BCUT2D eigenvalue weighted by Gasteiger charge is -2.08. The van der Waals surface area contributed by atoms with Crippen LogP contribution in [0.5, 0.6) is 11.5 Å². The number of aryl methyl sites for hydroxylation is 1. The van der Waals surface area contributed by atoms with Crippen molar-refractivity contribution in [2.24, 2.45) is 0 Å². The van der Waals surface area contributed by atoms with Crippen LogP contribution in [0.3, 0.4) is 0 Å². The first-order valence-electron chi connectivity index (χ1n) is 8.52. The average Bonchev–Trinajstić information content (AvgIpc) is 3.21. The van der Waals surface area contributed by atoms with Gasteiger partial charge in [-0.3, -0.25) is 0 Å². The Hall–Kier alpha value is -2.86. The quantitative estimate of drug-likeness (QED) is 0.761. The Morgan fingerprint density at radius 1 is 1.04 bits per heavy atom. The highest BCUT2D eigenvalue weighted by Gasteiger charge is 2.14. The molecule has 4 rings (SSSR count). The summed E-state index contributed by atoms with van der Waals surface area (Å²) >= 11 is 0. The minimum absolute atomic E-state index is 0.249. The van der Waals surface area contributed by atoms with Gasteiger partial charge in [0.05, 0.1) is 11.4 Å². The molecule has 0 unspecified atom stereocenters. The number of nitrogens with zero attached hydrogens (tertiary/aromatic N) is 2. The summed E-state index contributed by atoms with van der Waals surface area (Å²) in [5.74, 6) is 1.34. The number of hydrogen-bond donors (Lipinski definition) is 1. The summed E-state index contributed by atoms with van der Waals surface area (Å²) in [6.45, 7) is 5.73. The first kappa shape index (κ1) is 16.6. The third kappa shape index (κ3) is 3.15. The molecule has 6 heteroatoms. The highest BCUT2D eigenvalue weighted by atomic mass is 19.1. The lowest BCUT2D eigenvalue weighted by Crippen LogP contribution is -2.14. The normalized spacial score (nSPS) is 12.6. The van der Waals surface area contributed by atoms with Crippen LogP contribution >= 0.6 is 0 Å². The van der Waals surface area contributed by atoms with Crippen molar-refractivity contribution in [1.82, 2.24) is 15.1 Å². The molecule has 0 fully saturated rings.